The fourth-order valence-corrected chi connectivity index (χ4v) is 0.980. The van der Waals surface area contributed by atoms with Crippen molar-refractivity contribution < 1.29 is 0 Å². The second-order valence-electron chi connectivity index (χ2n) is 1.89. The zero-order chi connectivity index (χ0) is 8.97. The summed E-state index contributed by atoms with van der Waals surface area (Å²) < 4.78 is 1.63. The molecule has 0 aliphatic heterocycles. The van der Waals surface area contributed by atoms with Crippen LogP contribution in [-0.2, 0) is 0 Å². The van der Waals surface area contributed by atoms with E-state index >= 15 is 0 Å². The maximum Gasteiger partial charge on any atom is 0.156 e. The number of halogens is 1. The summed E-state index contributed by atoms with van der Waals surface area (Å²) in [4.78, 5) is 4.02. The highest BCUT2D eigenvalue weighted by atomic mass is 35.5. The minimum Gasteiger partial charge on any atom is -0.237 e. The quantitative estimate of drug-likeness (QED) is 0.576. The van der Waals surface area contributed by atoms with Gasteiger partial charge in [-0.1, -0.05) is 11.6 Å². The third-order valence-corrected chi connectivity index (χ3v) is 1.39. The van der Waals surface area contributed by atoms with Crippen LogP contribution in [0.4, 0.5) is 0 Å². The van der Waals surface area contributed by atoms with E-state index in [1.54, 1.807) is 29.0 Å². The average Bonchev–Trinajstić information content (AvgIpc) is 2.48. The van der Waals surface area contributed by atoms with Gasteiger partial charge in [0.25, 0.3) is 0 Å². The molecule has 0 aromatic carbocycles. The Labute approximate surface area is 73.0 Å². The van der Waals surface area contributed by atoms with E-state index in [1.807, 2.05) is 0 Å². The lowest BCUT2D eigenvalue weighted by atomic mass is 10.6. The van der Waals surface area contributed by atoms with Crippen LogP contribution in [0.5, 0.6) is 0 Å². The molecule has 0 saturated heterocycles. The molecule has 0 fully saturated rings. The van der Waals surface area contributed by atoms with Gasteiger partial charge in [0.1, 0.15) is 0 Å². The van der Waals surface area contributed by atoms with E-state index in [2.05, 4.69) is 10.1 Å². The van der Waals surface area contributed by atoms with Crippen molar-refractivity contribution in [1.29, 1.82) is 10.8 Å². The van der Waals surface area contributed by atoms with Gasteiger partial charge in [-0.05, 0) is 6.07 Å². The summed E-state index contributed by atoms with van der Waals surface area (Å²) in [6, 6.07) is 3.51. The predicted octanol–water partition coefficient (Wildman–Crippen LogP) is 1.41. The second kappa shape index (κ2) is 3.64. The Morgan fingerprint density at radius 2 is 2.17 bits per heavy atom. The molecule has 2 heterocycles. The van der Waals surface area contributed by atoms with Crippen LogP contribution in [-0.4, -0.2) is 14.6 Å². The highest BCUT2D eigenvalue weighted by Crippen LogP contribution is 2.06. The summed E-state index contributed by atoms with van der Waals surface area (Å²) in [7, 11) is 0. The second-order valence-corrected chi connectivity index (χ2v) is 2.28. The van der Waals surface area contributed by atoms with Crippen LogP contribution in [0.1, 0.15) is 0 Å². The Balaban J connectivity index is 0.000000336. The number of hydrogen-bond donors (Lipinski definition) is 0. The molecular formula is C6H4ClN5. The summed E-state index contributed by atoms with van der Waals surface area (Å²) >= 11 is 5.61. The summed E-state index contributed by atoms with van der Waals surface area (Å²) in [6.45, 7) is 0. The molecule has 0 atom stereocenters. The molecule has 2 rings (SSSR count). The number of aromatic nitrogens is 3. The zero-order valence-electron chi connectivity index (χ0n) is 5.92. The summed E-state index contributed by atoms with van der Waals surface area (Å²) in [5.41, 5.74) is 0.771. The van der Waals surface area contributed by atoms with E-state index in [-0.39, 0.29) is 0 Å². The van der Waals surface area contributed by atoms with Gasteiger partial charge in [0.2, 0.25) is 0 Å². The Hall–Kier alpha value is -1.67. The SMILES string of the molecule is Clc1cc2ncccn2n1.N#N. The van der Waals surface area contributed by atoms with Gasteiger partial charge in [-0.25, -0.2) is 9.50 Å². The largest absolute Gasteiger partial charge is 0.237 e. The van der Waals surface area contributed by atoms with E-state index in [0.717, 1.165) is 5.65 Å². The number of rotatable bonds is 0. The Kier molecular flexibility index (Phi) is 2.56. The van der Waals surface area contributed by atoms with Crippen LogP contribution >= 0.6 is 11.6 Å². The molecule has 0 radical (unpaired) electrons. The van der Waals surface area contributed by atoms with Crippen molar-refractivity contribution in [2.24, 2.45) is 0 Å². The molecule has 0 bridgehead atoms. The molecule has 5 nitrogen and oxygen atoms in total. The van der Waals surface area contributed by atoms with Gasteiger partial charge in [-0.2, -0.15) is 5.10 Å². The number of nitrogens with zero attached hydrogens (tertiary/aromatic N) is 5. The lowest BCUT2D eigenvalue weighted by Crippen LogP contribution is -1.85. The monoisotopic (exact) mass is 181 g/mol. The fraction of sp³-hybridized carbons (Fsp3) is 0. The van der Waals surface area contributed by atoms with Crippen molar-refractivity contribution in [2.45, 2.75) is 0 Å². The predicted molar refractivity (Wildman–Crippen MR) is 41.4 cm³/mol. The summed E-state index contributed by atoms with van der Waals surface area (Å²) in [5, 5.41) is 16.4. The minimum absolute atomic E-state index is 0.471. The van der Waals surface area contributed by atoms with Gasteiger partial charge in [0.15, 0.2) is 10.8 Å². The molecule has 0 spiro atoms. The molecule has 0 aliphatic rings. The third kappa shape index (κ3) is 1.49. The Morgan fingerprint density at radius 3 is 2.83 bits per heavy atom. The topological polar surface area (TPSA) is 77.8 Å². The fourth-order valence-electron chi connectivity index (χ4n) is 0.801. The van der Waals surface area contributed by atoms with Crippen molar-refractivity contribution in [3.05, 3.63) is 29.7 Å². The van der Waals surface area contributed by atoms with Crippen molar-refractivity contribution in [2.75, 3.05) is 0 Å². The first-order valence-corrected chi connectivity index (χ1v) is 3.40. The Morgan fingerprint density at radius 1 is 1.42 bits per heavy atom. The Bertz CT molecular complexity index is 360. The molecule has 60 valence electrons. The van der Waals surface area contributed by atoms with Crippen molar-refractivity contribution in [1.82, 2.24) is 14.6 Å². The summed E-state index contributed by atoms with van der Waals surface area (Å²) in [5.74, 6) is 0. The highest BCUT2D eigenvalue weighted by Gasteiger charge is 1.95. The molecule has 2 aromatic rings. The standard InChI is InChI=1S/C6H4ClN3.N2/c7-5-4-6-8-2-1-3-10(6)9-5;1-2/h1-4H;. The average molecular weight is 182 g/mol. The van der Waals surface area contributed by atoms with Crippen molar-refractivity contribution >= 4 is 17.2 Å². The third-order valence-electron chi connectivity index (χ3n) is 1.21. The molecule has 0 saturated carbocycles. The van der Waals surface area contributed by atoms with Crippen LogP contribution in [0.3, 0.4) is 0 Å². The van der Waals surface area contributed by atoms with E-state index in [4.69, 9.17) is 22.4 Å². The molecule has 12 heavy (non-hydrogen) atoms. The molecule has 2 aromatic heterocycles. The first-order chi connectivity index (χ1) is 5.86. The van der Waals surface area contributed by atoms with Gasteiger partial charge in [-0.3, -0.25) is 0 Å². The van der Waals surface area contributed by atoms with Crippen molar-refractivity contribution in [3.8, 4) is 0 Å². The maximum absolute atomic E-state index is 6.00. The van der Waals surface area contributed by atoms with Gasteiger partial charge < -0.3 is 0 Å². The van der Waals surface area contributed by atoms with Crippen LogP contribution in [0.15, 0.2) is 24.5 Å². The zero-order valence-corrected chi connectivity index (χ0v) is 6.68. The first kappa shape index (κ1) is 8.43. The lowest BCUT2D eigenvalue weighted by Gasteiger charge is -1.85. The van der Waals surface area contributed by atoms with Gasteiger partial charge in [0, 0.05) is 29.2 Å². The molecular weight excluding hydrogens is 178 g/mol. The van der Waals surface area contributed by atoms with Crippen LogP contribution in [0, 0.1) is 10.8 Å². The van der Waals surface area contributed by atoms with E-state index in [1.165, 1.54) is 0 Å². The van der Waals surface area contributed by atoms with Crippen molar-refractivity contribution in [3.63, 3.8) is 0 Å². The molecule has 6 heteroatoms. The normalized spacial score (nSPS) is 8.92. The molecule has 0 unspecified atom stereocenters. The maximum atomic E-state index is 6.00. The summed E-state index contributed by atoms with van der Waals surface area (Å²) in [6.07, 6.45) is 3.50. The van der Waals surface area contributed by atoms with Crippen LogP contribution in [0.2, 0.25) is 5.15 Å². The molecule has 0 N–H and O–H groups in total. The van der Waals surface area contributed by atoms with Gasteiger partial charge >= 0.3 is 0 Å². The van der Waals surface area contributed by atoms with E-state index in [9.17, 15) is 0 Å². The number of fused-ring (bicyclic) bond motifs is 1. The van der Waals surface area contributed by atoms with Gasteiger partial charge in [-0.15, -0.1) is 0 Å². The highest BCUT2D eigenvalue weighted by molar-refractivity contribution is 6.29. The van der Waals surface area contributed by atoms with Gasteiger partial charge in [0.05, 0.1) is 0 Å². The lowest BCUT2D eigenvalue weighted by molar-refractivity contribution is 0.940. The van der Waals surface area contributed by atoms with E-state index < -0.39 is 0 Å². The molecule has 0 aliphatic carbocycles. The molecule has 0 amide bonds. The van der Waals surface area contributed by atoms with E-state index in [0.29, 0.717) is 5.15 Å². The van der Waals surface area contributed by atoms with Crippen LogP contribution in [0.25, 0.3) is 5.65 Å². The number of hydrogen-bond acceptors (Lipinski definition) is 4. The van der Waals surface area contributed by atoms with Crippen LogP contribution < -0.4 is 0 Å². The minimum atomic E-state index is 0.471. The smallest absolute Gasteiger partial charge is 0.156 e. The first-order valence-electron chi connectivity index (χ1n) is 3.02.